The number of rotatable bonds is 4. The van der Waals surface area contributed by atoms with Crippen LogP contribution in [-0.4, -0.2) is 36.8 Å². The normalized spacial score (nSPS) is 13.2. The summed E-state index contributed by atoms with van der Waals surface area (Å²) >= 11 is 0. The second-order valence-corrected chi connectivity index (χ2v) is 9.68. The molecule has 0 fully saturated rings. The third kappa shape index (κ3) is 3.50. The molecule has 2 aromatic heterocycles. The van der Waals surface area contributed by atoms with Crippen molar-refractivity contribution in [1.29, 1.82) is 0 Å². The van der Waals surface area contributed by atoms with Crippen LogP contribution in [-0.2, 0) is 16.4 Å². The van der Waals surface area contributed by atoms with E-state index in [0.717, 1.165) is 5.56 Å². The molecule has 0 saturated carbocycles. The third-order valence-electron chi connectivity index (χ3n) is 5.76. The summed E-state index contributed by atoms with van der Waals surface area (Å²) < 4.78 is 35.0. The van der Waals surface area contributed by atoms with Crippen LogP contribution in [0.4, 0.5) is 5.82 Å². The smallest absolute Gasteiger partial charge is 0.275 e. The molecule has 1 aliphatic rings. The number of nitrogens with zero attached hydrogens (tertiary/aromatic N) is 3. The van der Waals surface area contributed by atoms with Gasteiger partial charge >= 0.3 is 0 Å². The molecule has 5 rings (SSSR count). The first kappa shape index (κ1) is 21.0. The summed E-state index contributed by atoms with van der Waals surface area (Å²) in [6.45, 7) is 2.00. The molecule has 8 nitrogen and oxygen atoms in total. The molecule has 2 aromatic carbocycles. The molecule has 0 unspecified atom stereocenters. The first-order chi connectivity index (χ1) is 15.9. The number of aromatic amines is 1. The monoisotopic (exact) mass is 462 g/mol. The van der Waals surface area contributed by atoms with Crippen LogP contribution in [0.1, 0.15) is 11.1 Å². The van der Waals surface area contributed by atoms with Crippen molar-refractivity contribution in [1.82, 2.24) is 14.8 Å². The van der Waals surface area contributed by atoms with Gasteiger partial charge in [0.2, 0.25) is 0 Å². The highest BCUT2D eigenvalue weighted by atomic mass is 32.2. The van der Waals surface area contributed by atoms with Crippen molar-refractivity contribution >= 4 is 15.8 Å². The summed E-state index contributed by atoms with van der Waals surface area (Å²) in [6, 6.07) is 17.4. The van der Waals surface area contributed by atoms with Gasteiger partial charge in [0.15, 0.2) is 5.82 Å². The predicted octanol–water partition coefficient (Wildman–Crippen LogP) is 3.30. The molecule has 9 heteroatoms. The molecule has 4 aromatic rings. The average molecular weight is 463 g/mol. The average Bonchev–Trinajstić information content (AvgIpc) is 3.05. The number of aromatic nitrogens is 3. The molecule has 168 valence electrons. The summed E-state index contributed by atoms with van der Waals surface area (Å²) in [5.41, 5.74) is 2.99. The summed E-state index contributed by atoms with van der Waals surface area (Å²) in [4.78, 5) is 17.9. The Balaban J connectivity index is 1.65. The van der Waals surface area contributed by atoms with Crippen LogP contribution in [0.5, 0.6) is 5.75 Å². The summed E-state index contributed by atoms with van der Waals surface area (Å²) in [7, 11) is -2.30. The Morgan fingerprint density at radius 2 is 1.85 bits per heavy atom. The molecule has 3 heterocycles. The van der Waals surface area contributed by atoms with Crippen LogP contribution in [0, 0.1) is 6.92 Å². The van der Waals surface area contributed by atoms with Crippen molar-refractivity contribution in [2.45, 2.75) is 18.2 Å². The van der Waals surface area contributed by atoms with Crippen molar-refractivity contribution in [3.8, 4) is 22.7 Å². The zero-order valence-corrected chi connectivity index (χ0v) is 19.0. The predicted molar refractivity (Wildman–Crippen MR) is 126 cm³/mol. The molecule has 0 amide bonds. The fraction of sp³-hybridized carbons (Fsp3) is 0.167. The quantitative estimate of drug-likeness (QED) is 0.502. The van der Waals surface area contributed by atoms with Crippen LogP contribution >= 0.6 is 0 Å². The number of H-pyrrole nitrogens is 1. The lowest BCUT2D eigenvalue weighted by molar-refractivity contribution is 0.414. The van der Waals surface area contributed by atoms with Crippen LogP contribution in [0.15, 0.2) is 76.6 Å². The van der Waals surface area contributed by atoms with E-state index in [2.05, 4.69) is 10.1 Å². The third-order valence-corrected chi connectivity index (χ3v) is 7.57. The van der Waals surface area contributed by atoms with E-state index in [9.17, 15) is 13.2 Å². The lowest BCUT2D eigenvalue weighted by Gasteiger charge is -2.23. The molecule has 1 N–H and O–H groups in total. The van der Waals surface area contributed by atoms with Gasteiger partial charge in [-0.05, 0) is 49.7 Å². The lowest BCUT2D eigenvalue weighted by atomic mass is 10.1. The molecule has 0 aliphatic carbocycles. The van der Waals surface area contributed by atoms with Crippen molar-refractivity contribution in [3.05, 3.63) is 88.3 Å². The molecule has 0 radical (unpaired) electrons. The van der Waals surface area contributed by atoms with Gasteiger partial charge in [0.05, 0.1) is 23.4 Å². The topological polar surface area (TPSA) is 97.3 Å². The fourth-order valence-corrected chi connectivity index (χ4v) is 5.48. The number of methoxy groups -OCH3 is 1. The van der Waals surface area contributed by atoms with Gasteiger partial charge in [-0.25, -0.2) is 22.4 Å². The number of aryl methyl sites for hydroxylation is 1. The largest absolute Gasteiger partial charge is 0.497 e. The minimum absolute atomic E-state index is 0.0957. The first-order valence-corrected chi connectivity index (χ1v) is 11.9. The van der Waals surface area contributed by atoms with Crippen LogP contribution < -0.4 is 14.6 Å². The second kappa shape index (κ2) is 7.93. The van der Waals surface area contributed by atoms with E-state index in [0.29, 0.717) is 28.3 Å². The molecule has 33 heavy (non-hydrogen) atoms. The molecule has 0 saturated heterocycles. The van der Waals surface area contributed by atoms with Gasteiger partial charge in [0.1, 0.15) is 5.75 Å². The van der Waals surface area contributed by atoms with Crippen molar-refractivity contribution in [3.63, 3.8) is 0 Å². The maximum atomic E-state index is 13.5. The molecular weight excluding hydrogens is 440 g/mol. The number of anilines is 1. The second-order valence-electron chi connectivity index (χ2n) is 7.82. The highest BCUT2D eigenvalue weighted by Crippen LogP contribution is 2.35. The van der Waals surface area contributed by atoms with Gasteiger partial charge in [-0.1, -0.05) is 23.8 Å². The Morgan fingerprint density at radius 3 is 2.61 bits per heavy atom. The first-order valence-electron chi connectivity index (χ1n) is 10.4. The zero-order valence-electron chi connectivity index (χ0n) is 18.1. The minimum Gasteiger partial charge on any atom is -0.497 e. The van der Waals surface area contributed by atoms with Gasteiger partial charge in [-0.15, -0.1) is 0 Å². The number of hydrogen-bond donors (Lipinski definition) is 1. The zero-order chi connectivity index (χ0) is 23.2. The van der Waals surface area contributed by atoms with E-state index in [1.54, 1.807) is 74.0 Å². The van der Waals surface area contributed by atoms with E-state index in [4.69, 9.17) is 4.74 Å². The maximum Gasteiger partial charge on any atom is 0.275 e. The number of pyridine rings is 1. The summed E-state index contributed by atoms with van der Waals surface area (Å²) in [6.07, 6.45) is 1.79. The Hall–Kier alpha value is -3.85. The standard InChI is InChI=1S/C24H22N4O4S/c1-16-8-10-19(11-9-16)33(30,31)27-14-12-21-22(20-7-4-13-25-23(20)27)26-28(24(21)29)17-5-3-6-18(15-17)32-2/h3-11,13,15,26H,12,14H2,1-2H3. The Kier molecular flexibility index (Phi) is 5.05. The van der Waals surface area contributed by atoms with Crippen LogP contribution in [0.25, 0.3) is 16.9 Å². The minimum atomic E-state index is -3.86. The van der Waals surface area contributed by atoms with E-state index < -0.39 is 10.0 Å². The van der Waals surface area contributed by atoms with Gasteiger partial charge in [0.25, 0.3) is 15.6 Å². The summed E-state index contributed by atoms with van der Waals surface area (Å²) in [5.74, 6) is 0.914. The van der Waals surface area contributed by atoms with Gasteiger partial charge in [-0.3, -0.25) is 9.89 Å². The number of sulfonamides is 1. The number of ether oxygens (including phenoxy) is 1. The SMILES string of the molecule is COc1cccc(-n2[nH]c3c(c2=O)CCN(S(=O)(=O)c2ccc(C)cc2)c2ncccc2-3)c1. The fourth-order valence-electron chi connectivity index (χ4n) is 4.04. The van der Waals surface area contributed by atoms with Crippen LogP contribution in [0.2, 0.25) is 0 Å². The van der Waals surface area contributed by atoms with E-state index in [1.807, 2.05) is 6.92 Å². The number of hydrogen-bond acceptors (Lipinski definition) is 5. The van der Waals surface area contributed by atoms with Crippen LogP contribution in [0.3, 0.4) is 0 Å². The van der Waals surface area contributed by atoms with Crippen molar-refractivity contribution < 1.29 is 13.2 Å². The van der Waals surface area contributed by atoms with Gasteiger partial charge in [-0.2, -0.15) is 0 Å². The van der Waals surface area contributed by atoms with E-state index in [-0.39, 0.29) is 29.2 Å². The number of nitrogens with one attached hydrogen (secondary N) is 1. The Morgan fingerprint density at radius 1 is 1.06 bits per heavy atom. The number of fused-ring (bicyclic) bond motifs is 3. The molecular formula is C24H22N4O4S. The Bertz CT molecular complexity index is 1500. The van der Waals surface area contributed by atoms with E-state index in [1.165, 1.54) is 8.99 Å². The summed E-state index contributed by atoms with van der Waals surface area (Å²) in [5, 5.41) is 3.17. The Labute approximate surface area is 191 Å². The molecule has 1 aliphatic heterocycles. The number of benzene rings is 2. The van der Waals surface area contributed by atoms with E-state index >= 15 is 0 Å². The molecule has 0 bridgehead atoms. The molecule has 0 spiro atoms. The molecule has 0 atom stereocenters. The highest BCUT2D eigenvalue weighted by Gasteiger charge is 2.33. The highest BCUT2D eigenvalue weighted by molar-refractivity contribution is 7.92. The van der Waals surface area contributed by atoms with Gasteiger partial charge in [0, 0.05) is 29.9 Å². The lowest BCUT2D eigenvalue weighted by Crippen LogP contribution is -2.34. The van der Waals surface area contributed by atoms with Crippen molar-refractivity contribution in [2.24, 2.45) is 0 Å². The van der Waals surface area contributed by atoms with Crippen molar-refractivity contribution in [2.75, 3.05) is 18.0 Å². The maximum absolute atomic E-state index is 13.5. The van der Waals surface area contributed by atoms with Gasteiger partial charge < -0.3 is 4.74 Å².